The fourth-order valence-electron chi connectivity index (χ4n) is 2.24. The van der Waals surface area contributed by atoms with E-state index in [0.29, 0.717) is 12.6 Å². The first-order valence-electron chi connectivity index (χ1n) is 6.48. The lowest BCUT2D eigenvalue weighted by Crippen LogP contribution is -2.36. The number of likely N-dealkylation sites (N-methyl/N-ethyl adjacent to an activating group) is 1. The van der Waals surface area contributed by atoms with E-state index in [-0.39, 0.29) is 12.4 Å². The molecule has 1 aromatic carbocycles. The third kappa shape index (κ3) is 4.56. The van der Waals surface area contributed by atoms with Crippen molar-refractivity contribution in [2.75, 3.05) is 40.4 Å². The maximum absolute atomic E-state index is 5.77. The Morgan fingerprint density at radius 1 is 1.32 bits per heavy atom. The summed E-state index contributed by atoms with van der Waals surface area (Å²) in [6, 6.07) is 8.41. The molecule has 4 nitrogen and oxygen atoms in total. The van der Waals surface area contributed by atoms with Crippen LogP contribution in [-0.2, 0) is 0 Å². The van der Waals surface area contributed by atoms with Gasteiger partial charge in [-0.3, -0.25) is 4.90 Å². The molecule has 0 aromatic heterocycles. The molecule has 0 radical (unpaired) electrons. The van der Waals surface area contributed by atoms with Crippen LogP contribution >= 0.6 is 12.4 Å². The van der Waals surface area contributed by atoms with Gasteiger partial charge in [0.05, 0.1) is 7.11 Å². The molecule has 19 heavy (non-hydrogen) atoms. The molecule has 1 N–H and O–H groups in total. The fraction of sp³-hybridized carbons (Fsp3) is 0.571. The minimum Gasteiger partial charge on any atom is -0.493 e. The van der Waals surface area contributed by atoms with Crippen LogP contribution in [-0.4, -0.2) is 51.3 Å². The van der Waals surface area contributed by atoms with Crippen molar-refractivity contribution in [3.05, 3.63) is 24.3 Å². The van der Waals surface area contributed by atoms with Crippen LogP contribution in [0.25, 0.3) is 0 Å². The molecule has 1 unspecified atom stereocenters. The van der Waals surface area contributed by atoms with E-state index >= 15 is 0 Å². The second kappa shape index (κ2) is 8.25. The monoisotopic (exact) mass is 286 g/mol. The van der Waals surface area contributed by atoms with E-state index in [1.165, 1.54) is 6.42 Å². The predicted octanol–water partition coefficient (Wildman–Crippen LogP) is 1.79. The molecule has 1 heterocycles. The number of halogens is 1. The zero-order valence-corrected chi connectivity index (χ0v) is 12.4. The largest absolute Gasteiger partial charge is 0.493 e. The Morgan fingerprint density at radius 2 is 2.05 bits per heavy atom. The summed E-state index contributed by atoms with van der Waals surface area (Å²) in [6.45, 7) is 3.84. The maximum Gasteiger partial charge on any atom is 0.161 e. The van der Waals surface area contributed by atoms with E-state index in [1.807, 2.05) is 24.3 Å². The Labute approximate surface area is 121 Å². The zero-order chi connectivity index (χ0) is 12.8. The molecular formula is C14H23ClN2O2. The minimum absolute atomic E-state index is 0. The van der Waals surface area contributed by atoms with Crippen LogP contribution in [0.5, 0.6) is 11.5 Å². The van der Waals surface area contributed by atoms with Crippen molar-refractivity contribution < 1.29 is 9.47 Å². The number of hydrogen-bond donors (Lipinski definition) is 1. The quantitative estimate of drug-likeness (QED) is 0.864. The van der Waals surface area contributed by atoms with Crippen molar-refractivity contribution in [2.24, 2.45) is 0 Å². The lowest BCUT2D eigenvalue weighted by molar-refractivity contribution is 0.196. The topological polar surface area (TPSA) is 33.7 Å². The van der Waals surface area contributed by atoms with Crippen molar-refractivity contribution in [1.29, 1.82) is 0 Å². The van der Waals surface area contributed by atoms with Gasteiger partial charge in [0.25, 0.3) is 0 Å². The van der Waals surface area contributed by atoms with Crippen LogP contribution in [0.4, 0.5) is 0 Å². The summed E-state index contributed by atoms with van der Waals surface area (Å²) >= 11 is 0. The summed E-state index contributed by atoms with van der Waals surface area (Å²) in [4.78, 5) is 2.36. The van der Waals surface area contributed by atoms with E-state index < -0.39 is 0 Å². The molecule has 1 aliphatic heterocycles. The third-order valence-electron chi connectivity index (χ3n) is 3.43. The van der Waals surface area contributed by atoms with Crippen LogP contribution in [0.1, 0.15) is 6.42 Å². The number of nitrogens with zero attached hydrogens (tertiary/aromatic N) is 1. The SMILES string of the molecule is COc1ccccc1OCCN(C)C1CCNC1.Cl. The van der Waals surface area contributed by atoms with E-state index in [4.69, 9.17) is 9.47 Å². The molecule has 1 aromatic rings. The molecule has 0 spiro atoms. The molecule has 1 fully saturated rings. The summed E-state index contributed by atoms with van der Waals surface area (Å²) in [5.74, 6) is 1.61. The Morgan fingerprint density at radius 3 is 2.68 bits per heavy atom. The Bertz CT molecular complexity index is 370. The molecule has 2 rings (SSSR count). The van der Waals surface area contributed by atoms with Crippen LogP contribution in [0.15, 0.2) is 24.3 Å². The second-order valence-corrected chi connectivity index (χ2v) is 4.63. The molecule has 1 atom stereocenters. The highest BCUT2D eigenvalue weighted by Crippen LogP contribution is 2.25. The zero-order valence-electron chi connectivity index (χ0n) is 11.6. The Balaban J connectivity index is 0.00000180. The molecule has 0 saturated carbocycles. The van der Waals surface area contributed by atoms with Gasteiger partial charge in [-0.2, -0.15) is 0 Å². The number of nitrogens with one attached hydrogen (secondary N) is 1. The van der Waals surface area contributed by atoms with Gasteiger partial charge < -0.3 is 14.8 Å². The van der Waals surface area contributed by atoms with Crippen LogP contribution < -0.4 is 14.8 Å². The molecule has 1 aliphatic rings. The molecule has 0 amide bonds. The van der Waals surface area contributed by atoms with Crippen molar-refractivity contribution in [3.8, 4) is 11.5 Å². The lowest BCUT2D eigenvalue weighted by atomic mass is 10.2. The van der Waals surface area contributed by atoms with Gasteiger partial charge in [-0.15, -0.1) is 12.4 Å². The number of hydrogen-bond acceptors (Lipinski definition) is 4. The summed E-state index contributed by atoms with van der Waals surface area (Å²) < 4.78 is 11.0. The van der Waals surface area contributed by atoms with Crippen molar-refractivity contribution in [3.63, 3.8) is 0 Å². The molecule has 0 aliphatic carbocycles. The number of rotatable bonds is 6. The summed E-state index contributed by atoms with van der Waals surface area (Å²) in [6.07, 6.45) is 1.23. The van der Waals surface area contributed by atoms with Crippen LogP contribution in [0.2, 0.25) is 0 Å². The van der Waals surface area contributed by atoms with E-state index in [9.17, 15) is 0 Å². The normalized spacial score (nSPS) is 18.2. The van der Waals surface area contributed by atoms with Crippen molar-refractivity contribution in [2.45, 2.75) is 12.5 Å². The summed E-state index contributed by atoms with van der Waals surface area (Å²) in [7, 11) is 3.82. The van der Waals surface area contributed by atoms with Gasteiger partial charge in [0.1, 0.15) is 6.61 Å². The van der Waals surface area contributed by atoms with Gasteiger partial charge in [-0.1, -0.05) is 12.1 Å². The first-order valence-corrected chi connectivity index (χ1v) is 6.48. The maximum atomic E-state index is 5.77. The summed E-state index contributed by atoms with van der Waals surface area (Å²) in [5.41, 5.74) is 0. The van der Waals surface area contributed by atoms with Gasteiger partial charge in [0, 0.05) is 19.1 Å². The van der Waals surface area contributed by atoms with Gasteiger partial charge in [-0.25, -0.2) is 0 Å². The predicted molar refractivity (Wildman–Crippen MR) is 79.6 cm³/mol. The van der Waals surface area contributed by atoms with Crippen LogP contribution in [0, 0.1) is 0 Å². The fourth-order valence-corrected chi connectivity index (χ4v) is 2.24. The van der Waals surface area contributed by atoms with Crippen LogP contribution in [0.3, 0.4) is 0 Å². The minimum atomic E-state index is 0. The van der Waals surface area contributed by atoms with Crippen molar-refractivity contribution >= 4 is 12.4 Å². The Kier molecular flexibility index (Phi) is 6.99. The summed E-state index contributed by atoms with van der Waals surface area (Å²) in [5, 5.41) is 3.38. The Hall–Kier alpha value is -0.970. The molecule has 0 bridgehead atoms. The van der Waals surface area contributed by atoms with Gasteiger partial charge in [-0.05, 0) is 32.1 Å². The van der Waals surface area contributed by atoms with E-state index in [0.717, 1.165) is 31.1 Å². The molecular weight excluding hydrogens is 264 g/mol. The second-order valence-electron chi connectivity index (χ2n) is 4.63. The molecule has 5 heteroatoms. The number of ether oxygens (including phenoxy) is 2. The highest BCUT2D eigenvalue weighted by atomic mass is 35.5. The standard InChI is InChI=1S/C14H22N2O2.ClH/c1-16(12-7-8-15-11-12)9-10-18-14-6-4-3-5-13(14)17-2;/h3-6,12,15H,7-11H2,1-2H3;1H. The smallest absolute Gasteiger partial charge is 0.161 e. The van der Waals surface area contributed by atoms with Gasteiger partial charge in [0.2, 0.25) is 0 Å². The first kappa shape index (κ1) is 16.1. The highest BCUT2D eigenvalue weighted by molar-refractivity contribution is 5.85. The average molecular weight is 287 g/mol. The van der Waals surface area contributed by atoms with Crippen molar-refractivity contribution in [1.82, 2.24) is 10.2 Å². The first-order chi connectivity index (χ1) is 8.81. The molecule has 1 saturated heterocycles. The number of methoxy groups -OCH3 is 1. The number of para-hydroxylation sites is 2. The highest BCUT2D eigenvalue weighted by Gasteiger charge is 2.18. The molecule has 108 valence electrons. The van der Waals surface area contributed by atoms with E-state index in [1.54, 1.807) is 7.11 Å². The average Bonchev–Trinajstić information content (AvgIpc) is 2.93. The van der Waals surface area contributed by atoms with Gasteiger partial charge in [0.15, 0.2) is 11.5 Å². The third-order valence-corrected chi connectivity index (χ3v) is 3.43. The van der Waals surface area contributed by atoms with E-state index in [2.05, 4.69) is 17.3 Å². The lowest BCUT2D eigenvalue weighted by Gasteiger charge is -2.23. The number of benzene rings is 1. The van der Waals surface area contributed by atoms with Gasteiger partial charge >= 0.3 is 0 Å².